The molecule has 4 heteroatoms. The number of aromatic nitrogens is 3. The first-order valence-electron chi connectivity index (χ1n) is 25.3. The molecule has 10 aromatic rings. The Bertz CT molecular complexity index is 3570. The van der Waals surface area contributed by atoms with Crippen molar-refractivity contribution in [2.45, 2.75) is 90.9 Å². The number of hydrogen-bond acceptors (Lipinski definition) is 3. The highest BCUT2D eigenvalue weighted by atomic mass is 16.3. The molecule has 0 spiro atoms. The Morgan fingerprint density at radius 2 is 0.958 bits per heavy atom. The lowest BCUT2D eigenvalue weighted by Gasteiger charge is -2.28. The molecule has 1 N–H and O–H groups in total. The van der Waals surface area contributed by atoms with Gasteiger partial charge in [-0.25, -0.2) is 4.98 Å². The molecular weight excluding hydrogens is 875 g/mol. The Hall–Kier alpha value is -7.82. The lowest BCUT2D eigenvalue weighted by molar-refractivity contribution is 0.446. The summed E-state index contributed by atoms with van der Waals surface area (Å²) in [6, 6.07) is 71.7. The van der Waals surface area contributed by atoms with Gasteiger partial charge in [0.25, 0.3) is 0 Å². The lowest BCUT2D eigenvalue weighted by atomic mass is 9.76. The molecule has 0 fully saturated rings. The van der Waals surface area contributed by atoms with Crippen molar-refractivity contribution in [2.75, 3.05) is 0 Å². The van der Waals surface area contributed by atoms with Crippen LogP contribution < -0.4 is 0 Å². The second-order valence-electron chi connectivity index (χ2n) is 22.5. The lowest BCUT2D eigenvalue weighted by Crippen LogP contribution is -2.19. The largest absolute Gasteiger partial charge is 0.507 e. The van der Waals surface area contributed by atoms with Crippen LogP contribution in [0.15, 0.2) is 206 Å². The third kappa shape index (κ3) is 8.96. The van der Waals surface area contributed by atoms with Crippen LogP contribution in [0.5, 0.6) is 5.75 Å². The van der Waals surface area contributed by atoms with E-state index in [0.717, 1.165) is 78.0 Å². The van der Waals surface area contributed by atoms with E-state index in [2.05, 4.69) is 274 Å². The summed E-state index contributed by atoms with van der Waals surface area (Å²) in [4.78, 5) is 10.8. The monoisotopic (exact) mass is 940 g/mol. The topological polar surface area (TPSA) is 50.9 Å². The van der Waals surface area contributed by atoms with Crippen LogP contribution in [0.1, 0.15) is 103 Å². The van der Waals surface area contributed by atoms with Gasteiger partial charge in [-0.3, -0.25) is 9.55 Å². The van der Waals surface area contributed by atoms with Crippen LogP contribution in [-0.4, -0.2) is 19.6 Å². The number of phenolic OH excluding ortho intramolecular Hbond substituents is 1. The van der Waals surface area contributed by atoms with Crippen molar-refractivity contribution in [2.24, 2.45) is 0 Å². The summed E-state index contributed by atoms with van der Waals surface area (Å²) in [5, 5.41) is 12.8. The Balaban J connectivity index is 1.29. The summed E-state index contributed by atoms with van der Waals surface area (Å²) in [7, 11) is 0. The molecule has 0 unspecified atom stereocenters. The number of imidazole rings is 1. The maximum absolute atomic E-state index is 12.8. The summed E-state index contributed by atoms with van der Waals surface area (Å²) in [5.41, 5.74) is 17.5. The SMILES string of the molecule is CC(C)(C)c1cc(-c2nc3c(-c4cc(-c5cc(-c6ccccc6)ccn5)cc(C(C)(C)c5ccccc5)c4)cccc3n2-c2ccc(C(C)(C)c3ccccc3)cc2-c2ccccc2)c(O)c(C(C)(C)C)c1. The third-order valence-corrected chi connectivity index (χ3v) is 14.9. The zero-order chi connectivity index (χ0) is 50.6. The smallest absolute Gasteiger partial charge is 0.149 e. The fourth-order valence-corrected chi connectivity index (χ4v) is 10.3. The average molecular weight is 940 g/mol. The van der Waals surface area contributed by atoms with E-state index in [1.807, 2.05) is 6.20 Å². The maximum Gasteiger partial charge on any atom is 0.149 e. The molecule has 0 aliphatic heterocycles. The number of benzene rings is 8. The van der Waals surface area contributed by atoms with Gasteiger partial charge >= 0.3 is 0 Å². The molecule has 4 nitrogen and oxygen atoms in total. The van der Waals surface area contributed by atoms with Crippen LogP contribution in [0.3, 0.4) is 0 Å². The van der Waals surface area contributed by atoms with E-state index in [0.29, 0.717) is 11.4 Å². The van der Waals surface area contributed by atoms with E-state index in [4.69, 9.17) is 9.97 Å². The Morgan fingerprint density at radius 3 is 1.57 bits per heavy atom. The number of hydrogen-bond donors (Lipinski definition) is 1. The first-order valence-corrected chi connectivity index (χ1v) is 25.3. The molecule has 2 aromatic heterocycles. The van der Waals surface area contributed by atoms with Gasteiger partial charge in [-0.2, -0.15) is 0 Å². The normalized spacial score (nSPS) is 12.4. The predicted molar refractivity (Wildman–Crippen MR) is 302 cm³/mol. The molecule has 0 amide bonds. The van der Waals surface area contributed by atoms with Crippen LogP contribution in [0.25, 0.3) is 72.7 Å². The number of pyridine rings is 1. The number of nitrogens with zero attached hydrogens (tertiary/aromatic N) is 3. The molecule has 0 aliphatic rings. The van der Waals surface area contributed by atoms with E-state index in [1.165, 1.54) is 16.7 Å². The number of aromatic hydroxyl groups is 1. The van der Waals surface area contributed by atoms with Gasteiger partial charge in [-0.05, 0) is 109 Å². The van der Waals surface area contributed by atoms with Crippen molar-refractivity contribution in [3.63, 3.8) is 0 Å². The fraction of sp³-hybridized carbons (Fsp3) is 0.206. The van der Waals surface area contributed by atoms with Crippen molar-refractivity contribution < 1.29 is 5.11 Å². The van der Waals surface area contributed by atoms with Gasteiger partial charge in [-0.1, -0.05) is 221 Å². The number of phenols is 1. The molecule has 0 saturated carbocycles. The van der Waals surface area contributed by atoms with Crippen molar-refractivity contribution in [1.82, 2.24) is 14.5 Å². The highest BCUT2D eigenvalue weighted by molar-refractivity contribution is 5.98. The zero-order valence-corrected chi connectivity index (χ0v) is 43.4. The minimum atomic E-state index is -0.357. The van der Waals surface area contributed by atoms with Gasteiger partial charge in [0.05, 0.1) is 28.0 Å². The van der Waals surface area contributed by atoms with Crippen LogP contribution in [-0.2, 0) is 21.7 Å². The summed E-state index contributed by atoms with van der Waals surface area (Å²) in [5.74, 6) is 0.923. The van der Waals surface area contributed by atoms with Gasteiger partial charge in [0, 0.05) is 39.3 Å². The average Bonchev–Trinajstić information content (AvgIpc) is 3.78. The number of rotatable bonds is 10. The van der Waals surface area contributed by atoms with Crippen molar-refractivity contribution >= 4 is 11.0 Å². The van der Waals surface area contributed by atoms with E-state index in [1.54, 1.807) is 0 Å². The second kappa shape index (κ2) is 18.4. The molecular formula is C68H65N3O. The number of para-hydroxylation sites is 1. The molecule has 0 radical (unpaired) electrons. The zero-order valence-electron chi connectivity index (χ0n) is 43.4. The minimum absolute atomic E-state index is 0.210. The van der Waals surface area contributed by atoms with Crippen molar-refractivity contribution in [1.29, 1.82) is 0 Å². The second-order valence-corrected chi connectivity index (χ2v) is 22.5. The number of fused-ring (bicyclic) bond motifs is 1. The third-order valence-electron chi connectivity index (χ3n) is 14.9. The standard InChI is InChI=1S/C68H65N3O/c1-65(2,3)53-43-57(63(72)58(44-53)66(4,5)6)64-70-62-55(32-23-33-61(62)71(64)60-35-34-52(42-56(60)46-26-17-12-18-27-46)67(7,8)50-28-19-13-20-29-50)48-38-49(40-54(39-48)68(9,10)51-30-21-14-22-31-51)59-41-47(36-37-69-59)45-24-15-11-16-25-45/h11-44,72H,1-10H3. The molecule has 8 aromatic carbocycles. The summed E-state index contributed by atoms with van der Waals surface area (Å²) in [6.07, 6.45) is 1.92. The van der Waals surface area contributed by atoms with Gasteiger partial charge < -0.3 is 5.11 Å². The molecule has 0 bridgehead atoms. The Kier molecular flexibility index (Phi) is 12.2. The van der Waals surface area contributed by atoms with Gasteiger partial charge in [0.2, 0.25) is 0 Å². The van der Waals surface area contributed by atoms with Crippen LogP contribution in [0.2, 0.25) is 0 Å². The van der Waals surface area contributed by atoms with Crippen LogP contribution in [0.4, 0.5) is 0 Å². The highest BCUT2D eigenvalue weighted by Gasteiger charge is 2.31. The maximum atomic E-state index is 12.8. The quantitative estimate of drug-likeness (QED) is 0.149. The highest BCUT2D eigenvalue weighted by Crippen LogP contribution is 2.47. The summed E-state index contributed by atoms with van der Waals surface area (Å²) in [6.45, 7) is 22.4. The predicted octanol–water partition coefficient (Wildman–Crippen LogP) is 17.7. The van der Waals surface area contributed by atoms with Crippen LogP contribution in [0, 0.1) is 0 Å². The molecule has 2 heterocycles. The fourth-order valence-electron chi connectivity index (χ4n) is 10.3. The van der Waals surface area contributed by atoms with E-state index in [9.17, 15) is 5.11 Å². The summed E-state index contributed by atoms with van der Waals surface area (Å²) < 4.78 is 2.30. The van der Waals surface area contributed by atoms with Crippen molar-refractivity contribution in [3.05, 3.63) is 240 Å². The molecule has 0 atom stereocenters. The molecule has 358 valence electrons. The first kappa shape index (κ1) is 47.8. The van der Waals surface area contributed by atoms with E-state index in [-0.39, 0.29) is 27.4 Å². The van der Waals surface area contributed by atoms with Gasteiger partial charge in [-0.15, -0.1) is 0 Å². The molecule has 10 rings (SSSR count). The minimum Gasteiger partial charge on any atom is -0.507 e. The van der Waals surface area contributed by atoms with E-state index < -0.39 is 0 Å². The molecule has 72 heavy (non-hydrogen) atoms. The van der Waals surface area contributed by atoms with Crippen molar-refractivity contribution in [3.8, 4) is 67.5 Å². The van der Waals surface area contributed by atoms with Gasteiger partial charge in [0.15, 0.2) is 0 Å². The first-order chi connectivity index (χ1) is 34.4. The van der Waals surface area contributed by atoms with E-state index >= 15 is 0 Å². The molecule has 0 saturated heterocycles. The molecule has 0 aliphatic carbocycles. The Morgan fingerprint density at radius 1 is 0.389 bits per heavy atom. The van der Waals surface area contributed by atoms with Gasteiger partial charge in [0.1, 0.15) is 11.6 Å². The van der Waals surface area contributed by atoms with Crippen LogP contribution >= 0.6 is 0 Å². The Labute approximate surface area is 426 Å². The summed E-state index contributed by atoms with van der Waals surface area (Å²) >= 11 is 0.